The van der Waals surface area contributed by atoms with Crippen molar-refractivity contribution in [1.29, 1.82) is 0 Å². The van der Waals surface area contributed by atoms with Crippen LogP contribution in [0.2, 0.25) is 0 Å². The van der Waals surface area contributed by atoms with Gasteiger partial charge in [-0.25, -0.2) is 9.79 Å². The van der Waals surface area contributed by atoms with Crippen molar-refractivity contribution in [3.63, 3.8) is 0 Å². The molecule has 18 heavy (non-hydrogen) atoms. The molecule has 0 bridgehead atoms. The number of nitrogens with zero attached hydrogens (tertiary/aromatic N) is 2. The van der Waals surface area contributed by atoms with Crippen molar-refractivity contribution in [2.24, 2.45) is 10.7 Å². The molecule has 0 aromatic heterocycles. The minimum Gasteiger partial charge on any atom is -0.370 e. The SMILES string of the molecule is NC(=NCc1ccccc1)NC(=O)N1CCCC1. The molecule has 0 saturated carbocycles. The third kappa shape index (κ3) is 3.48. The van der Waals surface area contributed by atoms with Crippen molar-refractivity contribution >= 4 is 12.0 Å². The highest BCUT2D eigenvalue weighted by Crippen LogP contribution is 2.06. The largest absolute Gasteiger partial charge is 0.370 e. The van der Waals surface area contributed by atoms with E-state index < -0.39 is 0 Å². The fraction of sp³-hybridized carbons (Fsp3) is 0.385. The maximum Gasteiger partial charge on any atom is 0.324 e. The first-order valence-electron chi connectivity index (χ1n) is 6.15. The number of nitrogens with one attached hydrogen (secondary N) is 1. The maximum absolute atomic E-state index is 11.7. The minimum absolute atomic E-state index is 0.151. The van der Waals surface area contributed by atoms with Gasteiger partial charge in [0.25, 0.3) is 0 Å². The second kappa shape index (κ2) is 6.05. The van der Waals surface area contributed by atoms with Gasteiger partial charge in [0, 0.05) is 13.1 Å². The monoisotopic (exact) mass is 246 g/mol. The Balaban J connectivity index is 1.83. The van der Waals surface area contributed by atoms with Gasteiger partial charge < -0.3 is 10.6 Å². The molecule has 0 atom stereocenters. The molecule has 0 aliphatic carbocycles. The lowest BCUT2D eigenvalue weighted by atomic mass is 10.2. The van der Waals surface area contributed by atoms with E-state index in [9.17, 15) is 4.79 Å². The Morgan fingerprint density at radius 2 is 1.94 bits per heavy atom. The summed E-state index contributed by atoms with van der Waals surface area (Å²) in [6.45, 7) is 2.09. The van der Waals surface area contributed by atoms with Gasteiger partial charge in [-0.3, -0.25) is 5.32 Å². The summed E-state index contributed by atoms with van der Waals surface area (Å²) in [5.41, 5.74) is 6.75. The number of hydrogen-bond donors (Lipinski definition) is 2. The zero-order valence-electron chi connectivity index (χ0n) is 10.3. The summed E-state index contributed by atoms with van der Waals surface area (Å²) in [5.74, 6) is 0.177. The molecular formula is C13H18N4O. The average molecular weight is 246 g/mol. The van der Waals surface area contributed by atoms with Gasteiger partial charge in [0.2, 0.25) is 0 Å². The summed E-state index contributed by atoms with van der Waals surface area (Å²) in [7, 11) is 0. The summed E-state index contributed by atoms with van der Waals surface area (Å²) < 4.78 is 0. The molecule has 2 rings (SSSR count). The Morgan fingerprint density at radius 1 is 1.28 bits per heavy atom. The van der Waals surface area contributed by atoms with Gasteiger partial charge in [-0.1, -0.05) is 30.3 Å². The van der Waals surface area contributed by atoms with Crippen LogP contribution in [0.1, 0.15) is 18.4 Å². The van der Waals surface area contributed by atoms with Gasteiger partial charge in [-0.2, -0.15) is 0 Å². The number of rotatable bonds is 2. The summed E-state index contributed by atoms with van der Waals surface area (Å²) in [5, 5.41) is 2.61. The van der Waals surface area contributed by atoms with Crippen LogP contribution in [-0.2, 0) is 6.54 Å². The van der Waals surface area contributed by atoms with Crippen LogP contribution >= 0.6 is 0 Å². The van der Waals surface area contributed by atoms with Crippen molar-refractivity contribution < 1.29 is 4.79 Å². The van der Waals surface area contributed by atoms with Crippen LogP contribution < -0.4 is 11.1 Å². The zero-order chi connectivity index (χ0) is 12.8. The molecule has 3 N–H and O–H groups in total. The van der Waals surface area contributed by atoms with E-state index in [4.69, 9.17) is 5.73 Å². The highest BCUT2D eigenvalue weighted by molar-refractivity contribution is 5.95. The Hall–Kier alpha value is -2.04. The van der Waals surface area contributed by atoms with E-state index in [-0.39, 0.29) is 12.0 Å². The lowest BCUT2D eigenvalue weighted by Crippen LogP contribution is -2.44. The molecule has 1 aliphatic rings. The number of amides is 2. The van der Waals surface area contributed by atoms with E-state index in [1.807, 2.05) is 30.3 Å². The number of guanidine groups is 1. The normalized spacial score (nSPS) is 15.8. The molecule has 0 radical (unpaired) electrons. The standard InChI is InChI=1S/C13H18N4O/c14-12(15-10-11-6-2-1-3-7-11)16-13(18)17-8-4-5-9-17/h1-3,6-7H,4-5,8-10H2,(H3,14,15,16,18). The number of benzene rings is 1. The van der Waals surface area contributed by atoms with Gasteiger partial charge in [-0.05, 0) is 18.4 Å². The summed E-state index contributed by atoms with van der Waals surface area (Å²) in [6, 6.07) is 9.64. The number of nitrogens with two attached hydrogens (primary N) is 1. The second-order valence-corrected chi connectivity index (χ2v) is 4.31. The van der Waals surface area contributed by atoms with Crippen LogP contribution in [0.3, 0.4) is 0 Å². The lowest BCUT2D eigenvalue weighted by Gasteiger charge is -2.15. The van der Waals surface area contributed by atoms with Crippen LogP contribution in [-0.4, -0.2) is 30.0 Å². The Morgan fingerprint density at radius 3 is 2.61 bits per heavy atom. The van der Waals surface area contributed by atoms with E-state index in [0.29, 0.717) is 6.54 Å². The van der Waals surface area contributed by atoms with E-state index in [0.717, 1.165) is 31.5 Å². The first-order chi connectivity index (χ1) is 8.75. The molecule has 96 valence electrons. The quantitative estimate of drug-likeness (QED) is 0.610. The molecule has 5 nitrogen and oxygen atoms in total. The third-order valence-corrected chi connectivity index (χ3v) is 2.90. The molecule has 1 aromatic carbocycles. The Labute approximate surface area is 107 Å². The van der Waals surface area contributed by atoms with Crippen LogP contribution in [0, 0.1) is 0 Å². The van der Waals surface area contributed by atoms with Crippen LogP contribution in [0.5, 0.6) is 0 Å². The minimum atomic E-state index is -0.151. The lowest BCUT2D eigenvalue weighted by molar-refractivity contribution is 0.214. The topological polar surface area (TPSA) is 70.7 Å². The van der Waals surface area contributed by atoms with Crippen molar-refractivity contribution in [3.05, 3.63) is 35.9 Å². The number of likely N-dealkylation sites (tertiary alicyclic amines) is 1. The molecule has 1 heterocycles. The highest BCUT2D eigenvalue weighted by atomic mass is 16.2. The van der Waals surface area contributed by atoms with Crippen molar-refractivity contribution in [1.82, 2.24) is 10.2 Å². The predicted octanol–water partition coefficient (Wildman–Crippen LogP) is 1.31. The molecule has 0 spiro atoms. The average Bonchev–Trinajstić information content (AvgIpc) is 2.91. The summed E-state index contributed by atoms with van der Waals surface area (Å²) in [4.78, 5) is 17.6. The maximum atomic E-state index is 11.7. The molecule has 5 heteroatoms. The molecule has 1 saturated heterocycles. The predicted molar refractivity (Wildman–Crippen MR) is 71.1 cm³/mol. The smallest absolute Gasteiger partial charge is 0.324 e. The van der Waals surface area contributed by atoms with Gasteiger partial charge in [0.15, 0.2) is 5.96 Å². The summed E-state index contributed by atoms with van der Waals surface area (Å²) >= 11 is 0. The van der Waals surface area contributed by atoms with E-state index >= 15 is 0 Å². The number of carbonyl (C=O) groups excluding carboxylic acids is 1. The summed E-state index contributed by atoms with van der Waals surface area (Å²) in [6.07, 6.45) is 2.13. The Kier molecular flexibility index (Phi) is 4.17. The first kappa shape index (κ1) is 12.4. The highest BCUT2D eigenvalue weighted by Gasteiger charge is 2.17. The molecule has 1 fully saturated rings. The van der Waals surface area contributed by atoms with Crippen molar-refractivity contribution in [2.45, 2.75) is 19.4 Å². The molecular weight excluding hydrogens is 228 g/mol. The molecule has 1 aliphatic heterocycles. The van der Waals surface area contributed by atoms with Gasteiger partial charge in [0.1, 0.15) is 0 Å². The zero-order valence-corrected chi connectivity index (χ0v) is 10.3. The van der Waals surface area contributed by atoms with Crippen LogP contribution in [0.15, 0.2) is 35.3 Å². The number of urea groups is 1. The van der Waals surface area contributed by atoms with Crippen LogP contribution in [0.25, 0.3) is 0 Å². The number of hydrogen-bond acceptors (Lipinski definition) is 2. The van der Waals surface area contributed by atoms with Crippen molar-refractivity contribution in [3.8, 4) is 0 Å². The molecule has 2 amide bonds. The van der Waals surface area contributed by atoms with Gasteiger partial charge >= 0.3 is 6.03 Å². The van der Waals surface area contributed by atoms with Crippen LogP contribution in [0.4, 0.5) is 4.79 Å². The fourth-order valence-electron chi connectivity index (χ4n) is 1.91. The number of aliphatic imine (C=N–C) groups is 1. The molecule has 0 unspecified atom stereocenters. The van der Waals surface area contributed by atoms with Crippen molar-refractivity contribution in [2.75, 3.05) is 13.1 Å². The molecule has 1 aromatic rings. The van der Waals surface area contributed by atoms with E-state index in [1.165, 1.54) is 0 Å². The van der Waals surface area contributed by atoms with E-state index in [1.54, 1.807) is 4.90 Å². The fourth-order valence-corrected chi connectivity index (χ4v) is 1.91. The van der Waals surface area contributed by atoms with E-state index in [2.05, 4.69) is 10.3 Å². The Bertz CT molecular complexity index is 424. The number of carbonyl (C=O) groups is 1. The first-order valence-corrected chi connectivity index (χ1v) is 6.15. The van der Waals surface area contributed by atoms with Gasteiger partial charge in [-0.15, -0.1) is 0 Å². The third-order valence-electron chi connectivity index (χ3n) is 2.90. The second-order valence-electron chi connectivity index (χ2n) is 4.31. The van der Waals surface area contributed by atoms with Gasteiger partial charge in [0.05, 0.1) is 6.54 Å².